The number of hydrogen-bond acceptors (Lipinski definition) is 1. The average Bonchev–Trinajstić information content (AvgIpc) is 2.27. The summed E-state index contributed by atoms with van der Waals surface area (Å²) in [6.45, 7) is 4.84. The summed E-state index contributed by atoms with van der Waals surface area (Å²) in [6, 6.07) is 9.98. The zero-order valence-electron chi connectivity index (χ0n) is 9.49. The lowest BCUT2D eigenvalue weighted by molar-refractivity contribution is -0.122. The fraction of sp³-hybridized carbons (Fsp3) is 0.462. The van der Waals surface area contributed by atoms with Gasteiger partial charge in [0.15, 0.2) is 0 Å². The highest BCUT2D eigenvalue weighted by Gasteiger charge is 2.06. The van der Waals surface area contributed by atoms with Crippen molar-refractivity contribution >= 4 is 5.91 Å². The normalized spacial score (nSPS) is 12.1. The molecule has 1 unspecified atom stereocenters. The molecule has 1 rings (SSSR count). The minimum atomic E-state index is 0.146. The van der Waals surface area contributed by atoms with Crippen molar-refractivity contribution in [2.75, 3.05) is 0 Å². The van der Waals surface area contributed by atoms with Gasteiger partial charge >= 0.3 is 0 Å². The van der Waals surface area contributed by atoms with Gasteiger partial charge in [0.25, 0.3) is 0 Å². The third-order valence-electron chi connectivity index (χ3n) is 2.56. The molecule has 0 aliphatic heterocycles. The molecule has 1 atom stereocenters. The van der Waals surface area contributed by atoms with Crippen LogP contribution >= 0.6 is 0 Å². The van der Waals surface area contributed by atoms with Gasteiger partial charge in [-0.05, 0) is 11.5 Å². The molecular formula is C13H19NO. The van der Waals surface area contributed by atoms with Gasteiger partial charge < -0.3 is 5.32 Å². The van der Waals surface area contributed by atoms with Gasteiger partial charge in [0.2, 0.25) is 5.91 Å². The summed E-state index contributed by atoms with van der Waals surface area (Å²) in [5.41, 5.74) is 1.15. The largest absolute Gasteiger partial charge is 0.352 e. The quantitative estimate of drug-likeness (QED) is 0.786. The lowest BCUT2D eigenvalue weighted by Crippen LogP contribution is -2.24. The molecule has 0 spiro atoms. The highest BCUT2D eigenvalue weighted by molar-refractivity contribution is 5.76. The third-order valence-corrected chi connectivity index (χ3v) is 2.56. The molecule has 82 valence electrons. The molecule has 0 aromatic heterocycles. The van der Waals surface area contributed by atoms with Crippen molar-refractivity contribution in [3.63, 3.8) is 0 Å². The lowest BCUT2D eigenvalue weighted by atomic mass is 10.1. The summed E-state index contributed by atoms with van der Waals surface area (Å²) >= 11 is 0. The lowest BCUT2D eigenvalue weighted by Gasteiger charge is -2.09. The first kappa shape index (κ1) is 11.8. The summed E-state index contributed by atoms with van der Waals surface area (Å²) in [5, 5.41) is 2.93. The van der Waals surface area contributed by atoms with Crippen molar-refractivity contribution in [2.45, 2.75) is 33.2 Å². The molecule has 0 aliphatic rings. The van der Waals surface area contributed by atoms with Crippen LogP contribution < -0.4 is 5.32 Å². The van der Waals surface area contributed by atoms with E-state index in [1.807, 2.05) is 30.3 Å². The Kier molecular flexibility index (Phi) is 4.88. The highest BCUT2D eigenvalue weighted by atomic mass is 16.1. The summed E-state index contributed by atoms with van der Waals surface area (Å²) < 4.78 is 0. The monoisotopic (exact) mass is 205 g/mol. The zero-order valence-corrected chi connectivity index (χ0v) is 9.49. The SMILES string of the molecule is CCC(C)CC(=O)NCc1ccccc1. The van der Waals surface area contributed by atoms with Gasteiger partial charge in [-0.15, -0.1) is 0 Å². The van der Waals surface area contributed by atoms with E-state index < -0.39 is 0 Å². The van der Waals surface area contributed by atoms with Crippen molar-refractivity contribution in [1.82, 2.24) is 5.32 Å². The van der Waals surface area contributed by atoms with Gasteiger partial charge in [-0.25, -0.2) is 0 Å². The van der Waals surface area contributed by atoms with Gasteiger partial charge in [0.05, 0.1) is 0 Å². The molecular weight excluding hydrogens is 186 g/mol. The molecule has 0 bridgehead atoms. The van der Waals surface area contributed by atoms with E-state index in [0.717, 1.165) is 12.0 Å². The van der Waals surface area contributed by atoms with Crippen molar-refractivity contribution in [1.29, 1.82) is 0 Å². The molecule has 1 amide bonds. The third kappa shape index (κ3) is 4.63. The smallest absolute Gasteiger partial charge is 0.220 e. The van der Waals surface area contributed by atoms with Gasteiger partial charge in [-0.2, -0.15) is 0 Å². The number of amides is 1. The summed E-state index contributed by atoms with van der Waals surface area (Å²) in [5.74, 6) is 0.619. The minimum Gasteiger partial charge on any atom is -0.352 e. The Hall–Kier alpha value is -1.31. The van der Waals surface area contributed by atoms with Crippen LogP contribution in [0.25, 0.3) is 0 Å². The number of hydrogen-bond donors (Lipinski definition) is 1. The summed E-state index contributed by atoms with van der Waals surface area (Å²) in [4.78, 5) is 11.5. The summed E-state index contributed by atoms with van der Waals surface area (Å²) in [6.07, 6.45) is 1.68. The van der Waals surface area contributed by atoms with Crippen molar-refractivity contribution in [3.8, 4) is 0 Å². The molecule has 15 heavy (non-hydrogen) atoms. The van der Waals surface area contributed by atoms with E-state index in [2.05, 4.69) is 19.2 Å². The van der Waals surface area contributed by atoms with Crippen molar-refractivity contribution < 1.29 is 4.79 Å². The molecule has 0 fully saturated rings. The zero-order chi connectivity index (χ0) is 11.1. The standard InChI is InChI=1S/C13H19NO/c1-3-11(2)9-13(15)14-10-12-7-5-4-6-8-12/h4-8,11H,3,9-10H2,1-2H3,(H,14,15). The number of benzene rings is 1. The van der Waals surface area contributed by atoms with Crippen LogP contribution in [0.5, 0.6) is 0 Å². The molecule has 1 aromatic rings. The number of nitrogens with one attached hydrogen (secondary N) is 1. The fourth-order valence-electron chi connectivity index (χ4n) is 1.33. The van der Waals surface area contributed by atoms with E-state index in [0.29, 0.717) is 18.9 Å². The first-order valence-electron chi connectivity index (χ1n) is 5.53. The molecule has 2 heteroatoms. The van der Waals surface area contributed by atoms with Crippen LogP contribution in [0.2, 0.25) is 0 Å². The average molecular weight is 205 g/mol. The summed E-state index contributed by atoms with van der Waals surface area (Å²) in [7, 11) is 0. The Balaban J connectivity index is 2.29. The maximum atomic E-state index is 11.5. The van der Waals surface area contributed by atoms with Gasteiger partial charge in [0.1, 0.15) is 0 Å². The fourth-order valence-corrected chi connectivity index (χ4v) is 1.33. The van der Waals surface area contributed by atoms with E-state index in [-0.39, 0.29) is 5.91 Å². The Morgan fingerprint density at radius 3 is 2.60 bits per heavy atom. The van der Waals surface area contributed by atoms with Gasteiger partial charge in [0, 0.05) is 13.0 Å². The number of carbonyl (C=O) groups is 1. The highest BCUT2D eigenvalue weighted by Crippen LogP contribution is 2.06. The maximum Gasteiger partial charge on any atom is 0.220 e. The van der Waals surface area contributed by atoms with E-state index in [4.69, 9.17) is 0 Å². The molecule has 0 saturated heterocycles. The first-order valence-corrected chi connectivity index (χ1v) is 5.53. The van der Waals surface area contributed by atoms with Crippen LogP contribution in [0, 0.1) is 5.92 Å². The molecule has 1 aromatic carbocycles. The molecule has 2 nitrogen and oxygen atoms in total. The number of rotatable bonds is 5. The number of carbonyl (C=O) groups excluding carboxylic acids is 1. The van der Waals surface area contributed by atoms with E-state index in [9.17, 15) is 4.79 Å². The Bertz CT molecular complexity index is 295. The van der Waals surface area contributed by atoms with Crippen molar-refractivity contribution in [2.24, 2.45) is 5.92 Å². The van der Waals surface area contributed by atoms with Crippen LogP contribution in [0.3, 0.4) is 0 Å². The van der Waals surface area contributed by atoms with Crippen LogP contribution in [0.15, 0.2) is 30.3 Å². The molecule has 0 saturated carbocycles. The maximum absolute atomic E-state index is 11.5. The Morgan fingerprint density at radius 2 is 2.00 bits per heavy atom. The second kappa shape index (κ2) is 6.23. The topological polar surface area (TPSA) is 29.1 Å². The molecule has 0 aliphatic carbocycles. The molecule has 0 heterocycles. The predicted molar refractivity (Wildman–Crippen MR) is 62.4 cm³/mol. The van der Waals surface area contributed by atoms with E-state index in [1.165, 1.54) is 0 Å². The minimum absolute atomic E-state index is 0.146. The van der Waals surface area contributed by atoms with Crippen molar-refractivity contribution in [3.05, 3.63) is 35.9 Å². The Labute approximate surface area is 91.7 Å². The predicted octanol–water partition coefficient (Wildman–Crippen LogP) is 2.74. The van der Waals surface area contributed by atoms with Crippen LogP contribution in [0.1, 0.15) is 32.3 Å². The van der Waals surface area contributed by atoms with Crippen LogP contribution in [0.4, 0.5) is 0 Å². The first-order chi connectivity index (χ1) is 7.22. The van der Waals surface area contributed by atoms with Gasteiger partial charge in [-0.3, -0.25) is 4.79 Å². The molecule has 1 N–H and O–H groups in total. The second-order valence-corrected chi connectivity index (χ2v) is 3.98. The molecule has 0 radical (unpaired) electrons. The van der Waals surface area contributed by atoms with E-state index >= 15 is 0 Å². The second-order valence-electron chi connectivity index (χ2n) is 3.98. The van der Waals surface area contributed by atoms with Gasteiger partial charge in [-0.1, -0.05) is 50.6 Å². The van der Waals surface area contributed by atoms with Crippen LogP contribution in [-0.4, -0.2) is 5.91 Å². The Morgan fingerprint density at radius 1 is 1.33 bits per heavy atom. The van der Waals surface area contributed by atoms with Crippen LogP contribution in [-0.2, 0) is 11.3 Å². The van der Waals surface area contributed by atoms with E-state index in [1.54, 1.807) is 0 Å².